The van der Waals surface area contributed by atoms with E-state index in [1.807, 2.05) is 0 Å². The predicted molar refractivity (Wildman–Crippen MR) is 107 cm³/mol. The van der Waals surface area contributed by atoms with Gasteiger partial charge in [0.05, 0.1) is 0 Å². The lowest BCUT2D eigenvalue weighted by atomic mass is 10.1. The van der Waals surface area contributed by atoms with Crippen LogP contribution in [0, 0.1) is 0 Å². The molecule has 0 aromatic carbocycles. The highest BCUT2D eigenvalue weighted by atomic mass is 16.6. The second-order valence-corrected chi connectivity index (χ2v) is 7.06. The van der Waals surface area contributed by atoms with Gasteiger partial charge in [0.25, 0.3) is 0 Å². The molecular weight excluding hydrogens is 328 g/mol. The summed E-state index contributed by atoms with van der Waals surface area (Å²) in [5.74, 6) is -1.46. The first-order valence-electron chi connectivity index (χ1n) is 10.7. The molecule has 0 saturated carbocycles. The van der Waals surface area contributed by atoms with Crippen LogP contribution in [-0.2, 0) is 14.3 Å². The third-order valence-corrected chi connectivity index (χ3v) is 4.56. The van der Waals surface area contributed by atoms with Crippen LogP contribution in [0.2, 0.25) is 0 Å². The molecule has 152 valence electrons. The SMILES string of the molecule is CCCCCCCC/C=C\CCCCCCCC(=O)OC(CC)C(=O)O. The molecule has 4 nitrogen and oxygen atoms in total. The van der Waals surface area contributed by atoms with Gasteiger partial charge in [-0.25, -0.2) is 4.79 Å². The van der Waals surface area contributed by atoms with Crippen molar-refractivity contribution in [3.8, 4) is 0 Å². The Morgan fingerprint density at radius 3 is 1.81 bits per heavy atom. The Morgan fingerprint density at radius 2 is 1.31 bits per heavy atom. The van der Waals surface area contributed by atoms with Gasteiger partial charge in [-0.1, -0.05) is 77.4 Å². The zero-order valence-electron chi connectivity index (χ0n) is 17.0. The summed E-state index contributed by atoms with van der Waals surface area (Å²) >= 11 is 0. The molecule has 0 fully saturated rings. The minimum absolute atomic E-state index is 0.313. The second-order valence-electron chi connectivity index (χ2n) is 7.06. The van der Waals surface area contributed by atoms with Gasteiger partial charge in [0.2, 0.25) is 0 Å². The van der Waals surface area contributed by atoms with Crippen molar-refractivity contribution in [2.24, 2.45) is 0 Å². The number of aliphatic carboxylic acids is 1. The monoisotopic (exact) mass is 368 g/mol. The fraction of sp³-hybridized carbons (Fsp3) is 0.818. The van der Waals surface area contributed by atoms with E-state index in [0.29, 0.717) is 12.8 Å². The summed E-state index contributed by atoms with van der Waals surface area (Å²) in [4.78, 5) is 22.4. The van der Waals surface area contributed by atoms with Crippen LogP contribution in [0.1, 0.15) is 110 Å². The highest BCUT2D eigenvalue weighted by Crippen LogP contribution is 2.11. The van der Waals surface area contributed by atoms with E-state index in [1.165, 1.54) is 57.8 Å². The van der Waals surface area contributed by atoms with Crippen LogP contribution >= 0.6 is 0 Å². The quantitative estimate of drug-likeness (QED) is 0.172. The molecule has 0 aliphatic rings. The van der Waals surface area contributed by atoms with E-state index in [1.54, 1.807) is 6.92 Å². The first kappa shape index (κ1) is 24.7. The molecule has 0 aromatic heterocycles. The molecule has 0 bridgehead atoms. The summed E-state index contributed by atoms with van der Waals surface area (Å²) in [6, 6.07) is 0. The minimum Gasteiger partial charge on any atom is -0.479 e. The average Bonchev–Trinajstić information content (AvgIpc) is 2.62. The third kappa shape index (κ3) is 16.2. The first-order valence-corrected chi connectivity index (χ1v) is 10.7. The molecule has 1 N–H and O–H groups in total. The van der Waals surface area contributed by atoms with Crippen LogP contribution < -0.4 is 0 Å². The minimum atomic E-state index is -1.06. The van der Waals surface area contributed by atoms with Gasteiger partial charge in [-0.05, 0) is 38.5 Å². The number of hydrogen-bond donors (Lipinski definition) is 1. The third-order valence-electron chi connectivity index (χ3n) is 4.56. The molecule has 0 aliphatic heterocycles. The number of ether oxygens (including phenoxy) is 1. The van der Waals surface area contributed by atoms with Crippen molar-refractivity contribution in [3.63, 3.8) is 0 Å². The number of hydrogen-bond acceptors (Lipinski definition) is 3. The normalized spacial score (nSPS) is 12.4. The van der Waals surface area contributed by atoms with E-state index >= 15 is 0 Å². The molecule has 0 spiro atoms. The van der Waals surface area contributed by atoms with Gasteiger partial charge < -0.3 is 9.84 Å². The lowest BCUT2D eigenvalue weighted by Gasteiger charge is -2.11. The predicted octanol–water partition coefficient (Wildman–Crippen LogP) is 6.43. The number of esters is 1. The number of rotatable bonds is 18. The van der Waals surface area contributed by atoms with Crippen molar-refractivity contribution in [2.45, 2.75) is 116 Å². The molecule has 0 amide bonds. The van der Waals surface area contributed by atoms with Gasteiger partial charge in [0.1, 0.15) is 0 Å². The Balaban J connectivity index is 3.36. The highest BCUT2D eigenvalue weighted by molar-refractivity contribution is 5.77. The molecule has 26 heavy (non-hydrogen) atoms. The van der Waals surface area contributed by atoms with E-state index < -0.39 is 18.0 Å². The number of carboxylic acids is 1. The van der Waals surface area contributed by atoms with Gasteiger partial charge in [0.15, 0.2) is 6.10 Å². The lowest BCUT2D eigenvalue weighted by Crippen LogP contribution is -2.26. The van der Waals surface area contributed by atoms with Gasteiger partial charge in [-0.2, -0.15) is 0 Å². The zero-order valence-corrected chi connectivity index (χ0v) is 17.0. The fourth-order valence-corrected chi connectivity index (χ4v) is 2.87. The fourth-order valence-electron chi connectivity index (χ4n) is 2.87. The molecule has 1 unspecified atom stereocenters. The molecule has 4 heteroatoms. The molecular formula is C22H40O4. The number of carbonyl (C=O) groups excluding carboxylic acids is 1. The number of allylic oxidation sites excluding steroid dienone is 2. The Hall–Kier alpha value is -1.32. The number of unbranched alkanes of at least 4 members (excludes halogenated alkanes) is 11. The van der Waals surface area contributed by atoms with Gasteiger partial charge in [-0.3, -0.25) is 4.79 Å². The van der Waals surface area contributed by atoms with Crippen LogP contribution in [0.5, 0.6) is 0 Å². The van der Waals surface area contributed by atoms with Crippen molar-refractivity contribution in [1.29, 1.82) is 0 Å². The molecule has 0 saturated heterocycles. The zero-order chi connectivity index (χ0) is 19.5. The smallest absolute Gasteiger partial charge is 0.345 e. The summed E-state index contributed by atoms with van der Waals surface area (Å²) in [6.07, 6.45) is 20.0. The van der Waals surface area contributed by atoms with E-state index in [2.05, 4.69) is 19.1 Å². The summed E-state index contributed by atoms with van der Waals surface area (Å²) in [5.41, 5.74) is 0. The standard InChI is InChI=1S/C22H40O4/c1-3-5-6-7-8-9-10-11-12-13-14-15-16-17-18-19-21(23)26-20(4-2)22(24)25/h11-12,20H,3-10,13-19H2,1-2H3,(H,24,25)/b12-11-. The van der Waals surface area contributed by atoms with Crippen LogP contribution in [0.4, 0.5) is 0 Å². The van der Waals surface area contributed by atoms with Crippen LogP contribution in [-0.4, -0.2) is 23.1 Å². The Kier molecular flexibility index (Phi) is 17.5. The van der Waals surface area contributed by atoms with Crippen LogP contribution in [0.15, 0.2) is 12.2 Å². The van der Waals surface area contributed by atoms with E-state index in [-0.39, 0.29) is 0 Å². The molecule has 0 aliphatic carbocycles. The van der Waals surface area contributed by atoms with Gasteiger partial charge >= 0.3 is 11.9 Å². The molecule has 0 aromatic rings. The summed E-state index contributed by atoms with van der Waals surface area (Å²) in [7, 11) is 0. The van der Waals surface area contributed by atoms with E-state index in [4.69, 9.17) is 9.84 Å². The Morgan fingerprint density at radius 1 is 0.808 bits per heavy atom. The van der Waals surface area contributed by atoms with E-state index in [0.717, 1.165) is 25.7 Å². The lowest BCUT2D eigenvalue weighted by molar-refractivity contribution is -0.164. The Bertz CT molecular complexity index is 376. The summed E-state index contributed by atoms with van der Waals surface area (Å²) in [5, 5.41) is 8.84. The first-order chi connectivity index (χ1) is 12.6. The van der Waals surface area contributed by atoms with Crippen molar-refractivity contribution in [2.75, 3.05) is 0 Å². The van der Waals surface area contributed by atoms with Crippen molar-refractivity contribution < 1.29 is 19.4 Å². The van der Waals surface area contributed by atoms with Crippen LogP contribution in [0.3, 0.4) is 0 Å². The number of carboxylic acid groups (broad SMARTS) is 1. The van der Waals surface area contributed by atoms with Crippen molar-refractivity contribution >= 4 is 11.9 Å². The molecule has 0 rings (SSSR count). The largest absolute Gasteiger partial charge is 0.479 e. The van der Waals surface area contributed by atoms with Gasteiger partial charge in [0, 0.05) is 6.42 Å². The topological polar surface area (TPSA) is 63.6 Å². The van der Waals surface area contributed by atoms with Gasteiger partial charge in [-0.15, -0.1) is 0 Å². The molecule has 1 atom stereocenters. The van der Waals surface area contributed by atoms with E-state index in [9.17, 15) is 9.59 Å². The summed E-state index contributed by atoms with van der Waals surface area (Å²) < 4.78 is 4.93. The Labute approximate surface area is 160 Å². The molecule has 0 radical (unpaired) electrons. The highest BCUT2D eigenvalue weighted by Gasteiger charge is 2.19. The average molecular weight is 369 g/mol. The maximum atomic E-state index is 11.6. The maximum absolute atomic E-state index is 11.6. The van der Waals surface area contributed by atoms with Crippen molar-refractivity contribution in [3.05, 3.63) is 12.2 Å². The second kappa shape index (κ2) is 18.5. The maximum Gasteiger partial charge on any atom is 0.345 e. The summed E-state index contributed by atoms with van der Waals surface area (Å²) in [6.45, 7) is 3.95. The van der Waals surface area contributed by atoms with Crippen molar-refractivity contribution in [1.82, 2.24) is 0 Å². The van der Waals surface area contributed by atoms with Crippen LogP contribution in [0.25, 0.3) is 0 Å². The number of carbonyl (C=O) groups is 2. The molecule has 0 heterocycles.